The summed E-state index contributed by atoms with van der Waals surface area (Å²) < 4.78 is 0. The second-order valence-electron chi connectivity index (χ2n) is 5.80. The van der Waals surface area contributed by atoms with Crippen molar-refractivity contribution in [1.29, 1.82) is 0 Å². The van der Waals surface area contributed by atoms with Gasteiger partial charge in [0.1, 0.15) is 0 Å². The standard InChI is InChI=1S/C20H11Cl2NO5S/c21-15-7-6-12(10-16(15)22)29-18-8-5-11(9-17(18)23(27)28)19(24)13-3-1-2-4-14(13)20(25)26/h1-10H,(H,25,26). The van der Waals surface area contributed by atoms with Gasteiger partial charge in [-0.3, -0.25) is 14.9 Å². The third-order valence-electron chi connectivity index (χ3n) is 3.94. The minimum absolute atomic E-state index is 0.0175. The van der Waals surface area contributed by atoms with Crippen LogP contribution in [0.4, 0.5) is 5.69 Å². The van der Waals surface area contributed by atoms with Gasteiger partial charge in [0, 0.05) is 22.1 Å². The summed E-state index contributed by atoms with van der Waals surface area (Å²) in [6.45, 7) is 0. The van der Waals surface area contributed by atoms with E-state index in [-0.39, 0.29) is 22.4 Å². The molecule has 0 bridgehead atoms. The molecule has 0 aliphatic heterocycles. The second kappa shape index (κ2) is 8.65. The van der Waals surface area contributed by atoms with Gasteiger partial charge in [-0.25, -0.2) is 4.79 Å². The first-order valence-corrected chi connectivity index (χ1v) is 9.63. The number of carbonyl (C=O) groups is 2. The Balaban J connectivity index is 2.00. The Morgan fingerprint density at radius 1 is 0.931 bits per heavy atom. The molecule has 0 aromatic heterocycles. The molecule has 9 heteroatoms. The Labute approximate surface area is 179 Å². The monoisotopic (exact) mass is 447 g/mol. The number of carboxylic acids is 1. The molecular weight excluding hydrogens is 437 g/mol. The van der Waals surface area contributed by atoms with Crippen LogP contribution in [0.5, 0.6) is 0 Å². The number of halogens is 2. The van der Waals surface area contributed by atoms with E-state index in [0.29, 0.717) is 19.8 Å². The van der Waals surface area contributed by atoms with Gasteiger partial charge in [-0.05, 0) is 36.4 Å². The normalized spacial score (nSPS) is 10.6. The first-order valence-electron chi connectivity index (χ1n) is 8.06. The predicted molar refractivity (Wildman–Crippen MR) is 111 cm³/mol. The highest BCUT2D eigenvalue weighted by atomic mass is 35.5. The van der Waals surface area contributed by atoms with Crippen LogP contribution in [0, 0.1) is 10.1 Å². The zero-order valence-corrected chi connectivity index (χ0v) is 16.8. The van der Waals surface area contributed by atoms with Crippen LogP contribution >= 0.6 is 35.0 Å². The number of ketones is 1. The molecule has 3 rings (SSSR count). The average molecular weight is 448 g/mol. The van der Waals surface area contributed by atoms with Gasteiger partial charge < -0.3 is 5.11 Å². The summed E-state index contributed by atoms with van der Waals surface area (Å²) in [5, 5.41) is 21.5. The second-order valence-corrected chi connectivity index (χ2v) is 7.73. The van der Waals surface area contributed by atoms with Gasteiger partial charge in [-0.1, -0.05) is 53.2 Å². The molecule has 3 aromatic carbocycles. The van der Waals surface area contributed by atoms with Gasteiger partial charge in [-0.15, -0.1) is 0 Å². The molecule has 0 unspecified atom stereocenters. The highest BCUT2D eigenvalue weighted by Gasteiger charge is 2.22. The van der Waals surface area contributed by atoms with Gasteiger partial charge in [0.05, 0.1) is 25.4 Å². The largest absolute Gasteiger partial charge is 0.478 e. The number of nitrogens with zero attached hydrogens (tertiary/aromatic N) is 1. The summed E-state index contributed by atoms with van der Waals surface area (Å²) in [4.78, 5) is 36.0. The van der Waals surface area contributed by atoms with E-state index in [1.165, 1.54) is 36.4 Å². The van der Waals surface area contributed by atoms with Crippen LogP contribution < -0.4 is 0 Å². The van der Waals surface area contributed by atoms with E-state index in [9.17, 15) is 24.8 Å². The molecule has 3 aromatic rings. The van der Waals surface area contributed by atoms with Crippen LogP contribution in [-0.4, -0.2) is 21.8 Å². The molecule has 29 heavy (non-hydrogen) atoms. The van der Waals surface area contributed by atoms with Crippen molar-refractivity contribution in [3.05, 3.63) is 97.5 Å². The van der Waals surface area contributed by atoms with Gasteiger partial charge >= 0.3 is 5.97 Å². The summed E-state index contributed by atoms with van der Waals surface area (Å²) in [6.07, 6.45) is 0. The van der Waals surface area contributed by atoms with Crippen molar-refractivity contribution >= 4 is 52.4 Å². The Hall–Kier alpha value is -2.87. The van der Waals surface area contributed by atoms with Crippen molar-refractivity contribution in [1.82, 2.24) is 0 Å². The van der Waals surface area contributed by atoms with Crippen molar-refractivity contribution in [2.45, 2.75) is 9.79 Å². The van der Waals surface area contributed by atoms with Crippen molar-refractivity contribution in [2.24, 2.45) is 0 Å². The summed E-state index contributed by atoms with van der Waals surface area (Å²) in [5.74, 6) is -1.87. The van der Waals surface area contributed by atoms with Gasteiger partial charge in [0.15, 0.2) is 5.78 Å². The molecule has 0 spiro atoms. The molecule has 1 N–H and O–H groups in total. The minimum atomic E-state index is -1.25. The number of hydrogen-bond donors (Lipinski definition) is 1. The lowest BCUT2D eigenvalue weighted by Crippen LogP contribution is -2.10. The third-order valence-corrected chi connectivity index (χ3v) is 5.73. The molecule has 0 atom stereocenters. The quantitative estimate of drug-likeness (QED) is 0.283. The Morgan fingerprint density at radius 3 is 2.24 bits per heavy atom. The molecule has 0 aliphatic rings. The zero-order chi connectivity index (χ0) is 21.1. The molecule has 0 heterocycles. The number of carbonyl (C=O) groups excluding carboxylic acids is 1. The lowest BCUT2D eigenvalue weighted by molar-refractivity contribution is -0.387. The zero-order valence-electron chi connectivity index (χ0n) is 14.5. The van der Waals surface area contributed by atoms with E-state index in [4.69, 9.17) is 23.2 Å². The maximum absolute atomic E-state index is 12.8. The Bertz CT molecular complexity index is 1150. The van der Waals surface area contributed by atoms with Crippen molar-refractivity contribution < 1.29 is 19.6 Å². The average Bonchev–Trinajstić information content (AvgIpc) is 2.70. The molecule has 0 amide bonds. The number of aromatic carboxylic acids is 1. The van der Waals surface area contributed by atoms with Crippen molar-refractivity contribution in [3.8, 4) is 0 Å². The van der Waals surface area contributed by atoms with E-state index in [1.54, 1.807) is 18.2 Å². The summed E-state index contributed by atoms with van der Waals surface area (Å²) in [7, 11) is 0. The van der Waals surface area contributed by atoms with Crippen molar-refractivity contribution in [2.75, 3.05) is 0 Å². The van der Waals surface area contributed by atoms with Crippen LogP contribution in [0.3, 0.4) is 0 Å². The molecule has 0 radical (unpaired) electrons. The third kappa shape index (κ3) is 4.59. The molecule has 0 saturated heterocycles. The predicted octanol–water partition coefficient (Wildman–Crippen LogP) is 5.98. The number of nitro groups is 1. The van der Waals surface area contributed by atoms with Crippen LogP contribution in [0.2, 0.25) is 10.0 Å². The lowest BCUT2D eigenvalue weighted by Gasteiger charge is -2.08. The van der Waals surface area contributed by atoms with Crippen molar-refractivity contribution in [3.63, 3.8) is 0 Å². The van der Waals surface area contributed by atoms with Crippen LogP contribution in [0.1, 0.15) is 26.3 Å². The molecule has 0 aliphatic carbocycles. The summed E-state index contributed by atoms with van der Waals surface area (Å²) in [6, 6.07) is 14.6. The molecule has 0 fully saturated rings. The summed E-state index contributed by atoms with van der Waals surface area (Å²) in [5.41, 5.74) is -0.475. The van der Waals surface area contributed by atoms with E-state index < -0.39 is 16.7 Å². The van der Waals surface area contributed by atoms with Crippen LogP contribution in [0.25, 0.3) is 0 Å². The fraction of sp³-hybridized carbons (Fsp3) is 0. The molecule has 6 nitrogen and oxygen atoms in total. The van der Waals surface area contributed by atoms with E-state index >= 15 is 0 Å². The number of rotatable bonds is 6. The Morgan fingerprint density at radius 2 is 1.62 bits per heavy atom. The first kappa shape index (κ1) is 20.9. The van der Waals surface area contributed by atoms with Gasteiger partial charge in [0.2, 0.25) is 0 Å². The van der Waals surface area contributed by atoms with Gasteiger partial charge in [-0.2, -0.15) is 0 Å². The van der Waals surface area contributed by atoms with Gasteiger partial charge in [0.25, 0.3) is 5.69 Å². The number of hydrogen-bond acceptors (Lipinski definition) is 5. The fourth-order valence-corrected chi connectivity index (χ4v) is 3.88. The molecule has 0 saturated carbocycles. The number of carboxylic acid groups (broad SMARTS) is 1. The number of benzene rings is 3. The molecule has 146 valence electrons. The van der Waals surface area contributed by atoms with E-state index in [2.05, 4.69) is 0 Å². The fourth-order valence-electron chi connectivity index (χ4n) is 2.58. The van der Waals surface area contributed by atoms with Crippen LogP contribution in [0.15, 0.2) is 70.5 Å². The lowest BCUT2D eigenvalue weighted by atomic mass is 9.98. The molecular formula is C20H11Cl2NO5S. The first-order chi connectivity index (χ1) is 13.8. The maximum Gasteiger partial charge on any atom is 0.336 e. The Kier molecular flexibility index (Phi) is 6.22. The van der Waals surface area contributed by atoms with E-state index in [1.807, 2.05) is 0 Å². The SMILES string of the molecule is O=C(O)c1ccccc1C(=O)c1ccc(Sc2ccc(Cl)c(Cl)c2)c([N+](=O)[O-])c1. The highest BCUT2D eigenvalue weighted by molar-refractivity contribution is 7.99. The van der Waals surface area contributed by atoms with Crippen LogP contribution in [-0.2, 0) is 0 Å². The maximum atomic E-state index is 12.8. The smallest absolute Gasteiger partial charge is 0.336 e. The highest BCUT2D eigenvalue weighted by Crippen LogP contribution is 2.38. The number of nitro benzene ring substituents is 1. The minimum Gasteiger partial charge on any atom is -0.478 e. The topological polar surface area (TPSA) is 97.5 Å². The van der Waals surface area contributed by atoms with E-state index in [0.717, 1.165) is 17.8 Å². The summed E-state index contributed by atoms with van der Waals surface area (Å²) >= 11 is 13.0.